The molecule has 0 saturated carbocycles. The molecule has 0 aromatic heterocycles. The molecule has 0 fully saturated rings. The Balaban J connectivity index is 2.24. The average Bonchev–Trinajstić information content (AvgIpc) is 2.70. The van der Waals surface area contributed by atoms with Gasteiger partial charge in [0.25, 0.3) is 0 Å². The van der Waals surface area contributed by atoms with Crippen molar-refractivity contribution in [2.45, 2.75) is 18.8 Å². The van der Waals surface area contributed by atoms with Gasteiger partial charge in [-0.25, -0.2) is 0 Å². The van der Waals surface area contributed by atoms with Crippen LogP contribution in [0.5, 0.6) is 17.2 Å². The summed E-state index contributed by atoms with van der Waals surface area (Å²) in [5.41, 5.74) is 1.64. The molecule has 0 saturated heterocycles. The van der Waals surface area contributed by atoms with E-state index in [0.717, 1.165) is 5.56 Å². The van der Waals surface area contributed by atoms with Gasteiger partial charge in [0, 0.05) is 5.56 Å². The van der Waals surface area contributed by atoms with E-state index in [1.165, 1.54) is 25.3 Å². The molecular formula is C20H24O7. The van der Waals surface area contributed by atoms with Crippen molar-refractivity contribution in [1.82, 2.24) is 0 Å². The Labute approximate surface area is 157 Å². The number of phenolic OH excluding ortho intramolecular Hbond substituents is 1. The van der Waals surface area contributed by atoms with Crippen LogP contribution < -0.4 is 9.47 Å². The molecule has 2 rings (SSSR count). The lowest BCUT2D eigenvalue weighted by molar-refractivity contribution is -0.000341. The Kier molecular flexibility index (Phi) is 7.63. The Morgan fingerprint density at radius 2 is 1.81 bits per heavy atom. The first-order valence-corrected chi connectivity index (χ1v) is 8.37. The molecule has 2 unspecified atom stereocenters. The van der Waals surface area contributed by atoms with Gasteiger partial charge < -0.3 is 35.0 Å². The monoisotopic (exact) mass is 376 g/mol. The summed E-state index contributed by atoms with van der Waals surface area (Å²) in [4.78, 5) is 0. The predicted octanol–water partition coefficient (Wildman–Crippen LogP) is 1.37. The zero-order chi connectivity index (χ0) is 19.8. The molecule has 7 nitrogen and oxygen atoms in total. The van der Waals surface area contributed by atoms with Crippen molar-refractivity contribution >= 4 is 6.08 Å². The first-order chi connectivity index (χ1) is 13.0. The van der Waals surface area contributed by atoms with Crippen molar-refractivity contribution in [3.63, 3.8) is 0 Å². The second-order valence-electron chi connectivity index (χ2n) is 5.83. The fraction of sp³-hybridized carbons (Fsp3) is 0.300. The largest absolute Gasteiger partial charge is 0.504 e. The lowest BCUT2D eigenvalue weighted by Gasteiger charge is -2.24. The Morgan fingerprint density at radius 3 is 2.44 bits per heavy atom. The molecule has 27 heavy (non-hydrogen) atoms. The maximum atomic E-state index is 10.6. The van der Waals surface area contributed by atoms with Gasteiger partial charge in [-0.1, -0.05) is 24.3 Å². The van der Waals surface area contributed by atoms with Gasteiger partial charge in [-0.15, -0.1) is 0 Å². The van der Waals surface area contributed by atoms with Crippen molar-refractivity contribution in [3.05, 3.63) is 59.2 Å². The van der Waals surface area contributed by atoms with Crippen molar-refractivity contribution in [1.29, 1.82) is 0 Å². The van der Waals surface area contributed by atoms with Gasteiger partial charge in [0.1, 0.15) is 11.9 Å². The lowest BCUT2D eigenvalue weighted by Crippen LogP contribution is -2.29. The topological polar surface area (TPSA) is 120 Å². The summed E-state index contributed by atoms with van der Waals surface area (Å²) >= 11 is 0. The molecule has 2 aromatic carbocycles. The minimum Gasteiger partial charge on any atom is -0.504 e. The molecule has 0 amide bonds. The fourth-order valence-corrected chi connectivity index (χ4v) is 2.59. The number of methoxy groups -OCH3 is 1. The second kappa shape index (κ2) is 9.94. The van der Waals surface area contributed by atoms with Gasteiger partial charge in [0.05, 0.1) is 26.9 Å². The zero-order valence-corrected chi connectivity index (χ0v) is 14.9. The van der Waals surface area contributed by atoms with Crippen molar-refractivity contribution in [2.24, 2.45) is 0 Å². The smallest absolute Gasteiger partial charge is 0.160 e. The lowest BCUT2D eigenvalue weighted by atomic mass is 10.0. The quantitative estimate of drug-likeness (QED) is 0.448. The maximum absolute atomic E-state index is 10.6. The normalized spacial score (nSPS) is 13.5. The molecule has 0 heterocycles. The Hall–Kier alpha value is -2.58. The third-order valence-corrected chi connectivity index (χ3v) is 4.03. The Morgan fingerprint density at radius 1 is 1.04 bits per heavy atom. The van der Waals surface area contributed by atoms with E-state index < -0.39 is 18.8 Å². The van der Waals surface area contributed by atoms with Crippen molar-refractivity contribution < 1.29 is 35.0 Å². The molecule has 0 bridgehead atoms. The minimum absolute atomic E-state index is 0.0657. The molecule has 0 aliphatic rings. The van der Waals surface area contributed by atoms with Gasteiger partial charge in [0.2, 0.25) is 0 Å². The van der Waals surface area contributed by atoms with E-state index in [0.29, 0.717) is 16.9 Å². The summed E-state index contributed by atoms with van der Waals surface area (Å²) in [6, 6.07) is 9.38. The Bertz CT molecular complexity index is 773. The molecule has 0 aliphatic carbocycles. The van der Waals surface area contributed by atoms with Gasteiger partial charge in [0.15, 0.2) is 17.6 Å². The number of aliphatic hydroxyl groups is 4. The number of rotatable bonds is 9. The third kappa shape index (κ3) is 5.21. The summed E-state index contributed by atoms with van der Waals surface area (Å²) < 4.78 is 10.8. The van der Waals surface area contributed by atoms with Crippen LogP contribution in [0.3, 0.4) is 0 Å². The van der Waals surface area contributed by atoms with E-state index in [1.54, 1.807) is 30.4 Å². The summed E-state index contributed by atoms with van der Waals surface area (Å²) in [5.74, 6) is 0.450. The summed E-state index contributed by atoms with van der Waals surface area (Å²) in [5, 5.41) is 48.3. The van der Waals surface area contributed by atoms with Crippen LogP contribution in [-0.2, 0) is 6.61 Å². The van der Waals surface area contributed by atoms with Crippen molar-refractivity contribution in [3.8, 4) is 17.2 Å². The van der Waals surface area contributed by atoms with Gasteiger partial charge in [-0.3, -0.25) is 0 Å². The molecule has 0 radical (unpaired) electrons. The summed E-state index contributed by atoms with van der Waals surface area (Å²) in [7, 11) is 1.39. The van der Waals surface area contributed by atoms with E-state index in [2.05, 4.69) is 0 Å². The van der Waals surface area contributed by atoms with E-state index in [4.69, 9.17) is 14.6 Å². The number of phenols is 1. The highest BCUT2D eigenvalue weighted by molar-refractivity contribution is 5.53. The molecule has 5 N–H and O–H groups in total. The van der Waals surface area contributed by atoms with E-state index in [-0.39, 0.29) is 24.7 Å². The van der Waals surface area contributed by atoms with Gasteiger partial charge >= 0.3 is 0 Å². The number of aromatic hydroxyl groups is 1. The third-order valence-electron chi connectivity index (χ3n) is 4.03. The van der Waals surface area contributed by atoms with E-state index in [1.807, 2.05) is 0 Å². The van der Waals surface area contributed by atoms with E-state index in [9.17, 15) is 20.4 Å². The standard InChI is InChI=1S/C20H24O7/c1-26-18-10-14(5-6-16(18)24)20(25)19(12-23)27-17-7-4-13(3-2-8-21)9-15(17)11-22/h2-7,9-10,19-25H,8,11-12H2,1H3/b3-2+. The van der Waals surface area contributed by atoms with Crippen LogP contribution in [0.1, 0.15) is 22.8 Å². The first-order valence-electron chi connectivity index (χ1n) is 8.37. The highest BCUT2D eigenvalue weighted by atomic mass is 16.5. The van der Waals surface area contributed by atoms with Gasteiger partial charge in [-0.05, 0) is 35.4 Å². The fourth-order valence-electron chi connectivity index (χ4n) is 2.59. The minimum atomic E-state index is -1.19. The number of hydrogen-bond acceptors (Lipinski definition) is 7. The maximum Gasteiger partial charge on any atom is 0.160 e. The first kappa shape index (κ1) is 20.7. The number of aliphatic hydroxyl groups excluding tert-OH is 4. The van der Waals surface area contributed by atoms with Crippen LogP contribution in [0.25, 0.3) is 6.08 Å². The zero-order valence-electron chi connectivity index (χ0n) is 14.9. The number of hydrogen-bond donors (Lipinski definition) is 5. The molecular weight excluding hydrogens is 352 g/mol. The molecule has 0 spiro atoms. The molecule has 2 aromatic rings. The number of benzene rings is 2. The van der Waals surface area contributed by atoms with Crippen LogP contribution in [0, 0.1) is 0 Å². The van der Waals surface area contributed by atoms with E-state index >= 15 is 0 Å². The SMILES string of the molecule is COc1cc(C(O)C(CO)Oc2ccc(/C=C/CO)cc2CO)ccc1O. The number of ether oxygens (including phenoxy) is 2. The van der Waals surface area contributed by atoms with Crippen LogP contribution >= 0.6 is 0 Å². The molecule has 146 valence electrons. The van der Waals surface area contributed by atoms with Crippen molar-refractivity contribution in [2.75, 3.05) is 20.3 Å². The predicted molar refractivity (Wildman–Crippen MR) is 99.6 cm³/mol. The van der Waals surface area contributed by atoms with Crippen LogP contribution in [-0.4, -0.2) is 52.0 Å². The van der Waals surface area contributed by atoms with Gasteiger partial charge in [-0.2, -0.15) is 0 Å². The summed E-state index contributed by atoms with van der Waals surface area (Å²) in [6.45, 7) is -0.861. The molecule has 2 atom stereocenters. The molecule has 7 heteroatoms. The van der Waals surface area contributed by atoms with Crippen LogP contribution in [0.2, 0.25) is 0 Å². The second-order valence-corrected chi connectivity index (χ2v) is 5.83. The highest BCUT2D eigenvalue weighted by Gasteiger charge is 2.24. The molecule has 0 aliphatic heterocycles. The average molecular weight is 376 g/mol. The summed E-state index contributed by atoms with van der Waals surface area (Å²) in [6.07, 6.45) is 1.08. The van der Waals surface area contributed by atoms with Crippen LogP contribution in [0.4, 0.5) is 0 Å². The highest BCUT2D eigenvalue weighted by Crippen LogP contribution is 2.32. The van der Waals surface area contributed by atoms with Crippen LogP contribution in [0.15, 0.2) is 42.5 Å².